The van der Waals surface area contributed by atoms with Gasteiger partial charge in [0, 0.05) is 11.9 Å². The number of phenols is 1. The van der Waals surface area contributed by atoms with Gasteiger partial charge in [0.05, 0.1) is 5.56 Å². The number of nitrogens with two attached hydrogens (primary N) is 1. The Bertz CT molecular complexity index is 520. The number of phenolic OH excluding ortho intramolecular Hbond substituents is 1. The van der Waals surface area contributed by atoms with Gasteiger partial charge < -0.3 is 26.0 Å². The molecule has 1 rings (SSSR count). The molecule has 1 aromatic rings. The number of aliphatic carboxylic acids is 1. The third-order valence-electron chi connectivity index (χ3n) is 2.62. The summed E-state index contributed by atoms with van der Waals surface area (Å²) < 4.78 is 38.0. The van der Waals surface area contributed by atoms with Crippen LogP contribution in [0, 0.1) is 0 Å². The van der Waals surface area contributed by atoms with Crippen molar-refractivity contribution in [3.05, 3.63) is 23.3 Å². The molecule has 20 heavy (non-hydrogen) atoms. The maximum atomic E-state index is 12.7. The predicted octanol–water partition coefficient (Wildman–Crippen LogP) is -0.955. The molecule has 0 aliphatic carbocycles. The van der Waals surface area contributed by atoms with Gasteiger partial charge in [0.15, 0.2) is 0 Å². The number of carbonyl (C=O) groups is 1. The molecule has 0 fully saturated rings. The Morgan fingerprint density at radius 2 is 1.90 bits per heavy atom. The molecule has 110 valence electrons. The summed E-state index contributed by atoms with van der Waals surface area (Å²) >= 11 is 0. The van der Waals surface area contributed by atoms with E-state index in [2.05, 4.69) is 0 Å². The average molecular weight is 293 g/mol. The van der Waals surface area contributed by atoms with Crippen molar-refractivity contribution in [1.82, 2.24) is 0 Å². The molecule has 0 saturated carbocycles. The normalized spacial score (nSPS) is 13.1. The smallest absolute Gasteiger partial charge is 0.492 e. The lowest BCUT2D eigenvalue weighted by atomic mass is 9.74. The standard InChI is InChI=1S/C10H11BF3NO5/c12-10(13,14)5-2-1-4(3-6(15)9(17)18)8(16)7(5)11(19)20/h1-2,6,16,19-20H,3,15H2,(H,17,18)/t6-/m0/s1. The van der Waals surface area contributed by atoms with Gasteiger partial charge in [-0.15, -0.1) is 0 Å². The number of rotatable bonds is 4. The van der Waals surface area contributed by atoms with E-state index in [4.69, 9.17) is 20.9 Å². The van der Waals surface area contributed by atoms with Crippen LogP contribution in [0.15, 0.2) is 12.1 Å². The van der Waals surface area contributed by atoms with Gasteiger partial charge in [-0.05, 0) is 11.6 Å². The zero-order valence-electron chi connectivity index (χ0n) is 9.92. The van der Waals surface area contributed by atoms with Crippen LogP contribution in [-0.4, -0.2) is 39.4 Å². The lowest BCUT2D eigenvalue weighted by Gasteiger charge is -2.17. The fourth-order valence-electron chi connectivity index (χ4n) is 1.65. The zero-order chi connectivity index (χ0) is 15.7. The summed E-state index contributed by atoms with van der Waals surface area (Å²) in [5.74, 6) is -2.44. The van der Waals surface area contributed by atoms with Crippen LogP contribution in [0.5, 0.6) is 5.75 Å². The molecule has 0 radical (unpaired) electrons. The van der Waals surface area contributed by atoms with E-state index in [1.807, 2.05) is 0 Å². The predicted molar refractivity (Wildman–Crippen MR) is 62.2 cm³/mol. The van der Waals surface area contributed by atoms with Gasteiger partial charge in [0.1, 0.15) is 11.8 Å². The Morgan fingerprint density at radius 1 is 1.35 bits per heavy atom. The van der Waals surface area contributed by atoms with E-state index in [-0.39, 0.29) is 5.56 Å². The number of halogens is 3. The SMILES string of the molecule is N[C@@H](Cc1ccc(C(F)(F)F)c(B(O)O)c1O)C(=O)O. The van der Waals surface area contributed by atoms with E-state index < -0.39 is 48.5 Å². The first-order valence-electron chi connectivity index (χ1n) is 5.32. The van der Waals surface area contributed by atoms with E-state index in [0.717, 1.165) is 6.07 Å². The molecular formula is C10H11BF3NO5. The fraction of sp³-hybridized carbons (Fsp3) is 0.300. The van der Waals surface area contributed by atoms with Crippen molar-refractivity contribution in [3.63, 3.8) is 0 Å². The van der Waals surface area contributed by atoms with E-state index >= 15 is 0 Å². The van der Waals surface area contributed by atoms with Gasteiger partial charge in [-0.2, -0.15) is 13.2 Å². The number of hydrogen-bond acceptors (Lipinski definition) is 5. The van der Waals surface area contributed by atoms with Crippen molar-refractivity contribution >= 4 is 18.6 Å². The number of carboxylic acid groups (broad SMARTS) is 1. The topological polar surface area (TPSA) is 124 Å². The highest BCUT2D eigenvalue weighted by molar-refractivity contribution is 6.60. The maximum absolute atomic E-state index is 12.7. The minimum Gasteiger partial charge on any atom is -0.508 e. The van der Waals surface area contributed by atoms with Crippen LogP contribution in [0.1, 0.15) is 11.1 Å². The first-order chi connectivity index (χ1) is 9.05. The van der Waals surface area contributed by atoms with Crippen LogP contribution in [0.4, 0.5) is 13.2 Å². The van der Waals surface area contributed by atoms with Gasteiger partial charge in [-0.1, -0.05) is 6.07 Å². The van der Waals surface area contributed by atoms with Gasteiger partial charge in [-0.3, -0.25) is 4.79 Å². The summed E-state index contributed by atoms with van der Waals surface area (Å²) in [5, 5.41) is 36.2. The van der Waals surface area contributed by atoms with Crippen LogP contribution >= 0.6 is 0 Å². The Kier molecular flexibility index (Phi) is 4.63. The van der Waals surface area contributed by atoms with Gasteiger partial charge >= 0.3 is 19.3 Å². The monoisotopic (exact) mass is 293 g/mol. The third kappa shape index (κ3) is 3.41. The summed E-state index contributed by atoms with van der Waals surface area (Å²) in [5.41, 5.74) is 2.43. The molecule has 0 aliphatic rings. The molecule has 10 heteroatoms. The molecule has 0 bridgehead atoms. The molecule has 0 amide bonds. The first kappa shape index (κ1) is 16.3. The summed E-state index contributed by atoms with van der Waals surface area (Å²) in [6, 6.07) is -0.0769. The van der Waals surface area contributed by atoms with Crippen molar-refractivity contribution in [1.29, 1.82) is 0 Å². The molecule has 6 nitrogen and oxygen atoms in total. The minimum atomic E-state index is -4.90. The van der Waals surface area contributed by atoms with Crippen molar-refractivity contribution in [2.24, 2.45) is 5.73 Å². The van der Waals surface area contributed by atoms with Crippen LogP contribution in [0.3, 0.4) is 0 Å². The highest BCUT2D eigenvalue weighted by atomic mass is 19.4. The van der Waals surface area contributed by atoms with E-state index in [9.17, 15) is 23.1 Å². The van der Waals surface area contributed by atoms with E-state index in [1.165, 1.54) is 0 Å². The molecule has 0 aliphatic heterocycles. The van der Waals surface area contributed by atoms with Gasteiger partial charge in [0.25, 0.3) is 0 Å². The van der Waals surface area contributed by atoms with Gasteiger partial charge in [-0.25, -0.2) is 0 Å². The second-order valence-corrected chi connectivity index (χ2v) is 4.05. The molecule has 0 spiro atoms. The summed E-state index contributed by atoms with van der Waals surface area (Å²) in [6.07, 6.45) is -5.36. The highest BCUT2D eigenvalue weighted by Gasteiger charge is 2.38. The van der Waals surface area contributed by atoms with Crippen molar-refractivity contribution in [3.8, 4) is 5.75 Å². The molecular weight excluding hydrogens is 282 g/mol. The minimum absolute atomic E-state index is 0.226. The molecule has 0 heterocycles. The Balaban J connectivity index is 3.33. The second kappa shape index (κ2) is 5.69. The first-order valence-corrected chi connectivity index (χ1v) is 5.32. The number of aromatic hydroxyl groups is 1. The van der Waals surface area contributed by atoms with Crippen molar-refractivity contribution in [2.45, 2.75) is 18.6 Å². The van der Waals surface area contributed by atoms with Crippen molar-refractivity contribution < 1.29 is 38.2 Å². The fourth-order valence-corrected chi connectivity index (χ4v) is 1.65. The summed E-state index contributed by atoms with van der Waals surface area (Å²) in [4.78, 5) is 10.6. The largest absolute Gasteiger partial charge is 0.508 e. The van der Waals surface area contributed by atoms with Crippen molar-refractivity contribution in [2.75, 3.05) is 0 Å². The van der Waals surface area contributed by atoms with Crippen LogP contribution in [0.2, 0.25) is 0 Å². The Morgan fingerprint density at radius 3 is 2.30 bits per heavy atom. The number of benzene rings is 1. The molecule has 0 saturated heterocycles. The maximum Gasteiger partial charge on any atom is 0.492 e. The summed E-state index contributed by atoms with van der Waals surface area (Å²) in [7, 11) is -2.56. The highest BCUT2D eigenvalue weighted by Crippen LogP contribution is 2.31. The second-order valence-electron chi connectivity index (χ2n) is 4.05. The van der Waals surface area contributed by atoms with Gasteiger partial charge in [0.2, 0.25) is 0 Å². The molecule has 6 N–H and O–H groups in total. The molecule has 1 atom stereocenters. The molecule has 0 unspecified atom stereocenters. The van der Waals surface area contributed by atoms with Crippen LogP contribution in [0.25, 0.3) is 0 Å². The average Bonchev–Trinajstić information content (AvgIpc) is 2.29. The quantitative estimate of drug-likeness (QED) is 0.456. The van der Waals surface area contributed by atoms with E-state index in [1.54, 1.807) is 0 Å². The Hall–Kier alpha value is -1.78. The van der Waals surface area contributed by atoms with E-state index in [0.29, 0.717) is 6.07 Å². The zero-order valence-corrected chi connectivity index (χ0v) is 9.92. The van der Waals surface area contributed by atoms with Crippen LogP contribution < -0.4 is 11.2 Å². The lowest BCUT2D eigenvalue weighted by molar-refractivity contribution is -0.139. The summed E-state index contributed by atoms with van der Waals surface area (Å²) in [6.45, 7) is 0. The lowest BCUT2D eigenvalue weighted by Crippen LogP contribution is -2.38. The Labute approximate surface area is 111 Å². The molecule has 1 aromatic carbocycles. The number of alkyl halides is 3. The third-order valence-corrected chi connectivity index (χ3v) is 2.62. The molecule has 0 aromatic heterocycles. The number of carboxylic acids is 1. The van der Waals surface area contributed by atoms with Crippen LogP contribution in [-0.2, 0) is 17.4 Å². The number of hydrogen-bond donors (Lipinski definition) is 5.